The first-order chi connectivity index (χ1) is 14.0. The van der Waals surface area contributed by atoms with Crippen LogP contribution in [0.25, 0.3) is 0 Å². The Labute approximate surface area is 167 Å². The Balaban J connectivity index is 1.32. The summed E-state index contributed by atoms with van der Waals surface area (Å²) in [5.41, 5.74) is -1.41. The van der Waals surface area contributed by atoms with Gasteiger partial charge in [-0.05, 0) is 36.4 Å². The van der Waals surface area contributed by atoms with Gasteiger partial charge in [-0.15, -0.1) is 0 Å². The molecule has 2 N–H and O–H groups in total. The number of alkyl halides is 6. The first-order valence-electron chi connectivity index (χ1n) is 9.06. The zero-order valence-electron chi connectivity index (χ0n) is 15.3. The van der Waals surface area contributed by atoms with Crippen molar-refractivity contribution >= 4 is 17.5 Å². The van der Waals surface area contributed by atoms with Gasteiger partial charge >= 0.3 is 18.4 Å². The Kier molecular flexibility index (Phi) is 4.78. The Bertz CT molecular complexity index is 931. The Morgan fingerprint density at radius 2 is 1.60 bits per heavy atom. The van der Waals surface area contributed by atoms with Crippen LogP contribution in [0.15, 0.2) is 42.6 Å². The summed E-state index contributed by atoms with van der Waals surface area (Å²) in [6, 6.07) is 5.48. The summed E-state index contributed by atoms with van der Waals surface area (Å²) in [5, 5.41) is 5.19. The van der Waals surface area contributed by atoms with E-state index in [1.54, 1.807) is 4.90 Å². The number of anilines is 2. The molecular weight excluding hydrogens is 414 g/mol. The lowest BCUT2D eigenvalue weighted by Crippen LogP contribution is -2.37. The van der Waals surface area contributed by atoms with E-state index < -0.39 is 29.5 Å². The van der Waals surface area contributed by atoms with E-state index in [9.17, 15) is 31.1 Å². The van der Waals surface area contributed by atoms with E-state index in [2.05, 4.69) is 15.6 Å². The summed E-state index contributed by atoms with van der Waals surface area (Å²) >= 11 is 0. The van der Waals surface area contributed by atoms with Gasteiger partial charge in [-0.2, -0.15) is 26.3 Å². The number of nitrogens with one attached hydrogen (secondary N) is 2. The van der Waals surface area contributed by atoms with Crippen molar-refractivity contribution < 1.29 is 31.1 Å². The second-order valence-corrected chi connectivity index (χ2v) is 7.30. The number of carbonyl (C=O) groups is 1. The van der Waals surface area contributed by atoms with Gasteiger partial charge in [-0.25, -0.2) is 9.78 Å². The number of amides is 2. The number of carbonyl (C=O) groups excluding carboxylic acids is 1. The van der Waals surface area contributed by atoms with Crippen molar-refractivity contribution in [2.75, 3.05) is 23.3 Å². The molecule has 2 aromatic rings. The molecule has 1 saturated heterocycles. The summed E-state index contributed by atoms with van der Waals surface area (Å²) in [6.45, 7) is 0.659. The van der Waals surface area contributed by atoms with E-state index in [0.29, 0.717) is 13.1 Å². The lowest BCUT2D eigenvalue weighted by Gasteiger charge is -2.24. The number of pyridine rings is 1. The quantitative estimate of drug-likeness (QED) is 0.711. The van der Waals surface area contributed by atoms with Gasteiger partial charge in [0.1, 0.15) is 5.82 Å². The van der Waals surface area contributed by atoms with Crippen molar-refractivity contribution in [3.8, 4) is 0 Å². The smallest absolute Gasteiger partial charge is 0.355 e. The highest BCUT2D eigenvalue weighted by atomic mass is 19.4. The molecule has 0 radical (unpaired) electrons. The van der Waals surface area contributed by atoms with Crippen LogP contribution in [0.1, 0.15) is 11.1 Å². The van der Waals surface area contributed by atoms with Crippen LogP contribution in [-0.2, 0) is 12.4 Å². The van der Waals surface area contributed by atoms with Crippen molar-refractivity contribution in [3.63, 3.8) is 0 Å². The molecule has 1 aromatic heterocycles. The molecule has 160 valence electrons. The molecule has 3 atom stereocenters. The van der Waals surface area contributed by atoms with Crippen LogP contribution >= 0.6 is 0 Å². The molecule has 4 rings (SSSR count). The summed E-state index contributed by atoms with van der Waals surface area (Å²) in [5.74, 6) is -0.136. The minimum Gasteiger partial charge on any atom is -0.355 e. The Hall–Kier alpha value is -2.98. The number of piperidine rings is 1. The molecule has 1 aliphatic carbocycles. The minimum absolute atomic E-state index is 0.00792. The zero-order chi connectivity index (χ0) is 21.7. The molecule has 2 aliphatic rings. The number of hydrogen-bond acceptors (Lipinski definition) is 3. The van der Waals surface area contributed by atoms with Gasteiger partial charge in [0.25, 0.3) is 0 Å². The van der Waals surface area contributed by atoms with E-state index in [0.717, 1.165) is 30.3 Å². The topological polar surface area (TPSA) is 57.3 Å². The van der Waals surface area contributed by atoms with Gasteiger partial charge in [0, 0.05) is 42.9 Å². The van der Waals surface area contributed by atoms with Crippen molar-refractivity contribution in [3.05, 3.63) is 53.7 Å². The Morgan fingerprint density at radius 3 is 2.17 bits per heavy atom. The third kappa shape index (κ3) is 4.01. The summed E-state index contributed by atoms with van der Waals surface area (Å²) < 4.78 is 77.2. The fraction of sp³-hybridized carbons (Fsp3) is 0.368. The maximum Gasteiger partial charge on any atom is 0.419 e. The van der Waals surface area contributed by atoms with E-state index in [4.69, 9.17) is 0 Å². The molecule has 0 spiro atoms. The highest BCUT2D eigenvalue weighted by Gasteiger charge is 2.57. The number of halogens is 6. The predicted octanol–water partition coefficient (Wildman–Crippen LogP) is 4.38. The summed E-state index contributed by atoms with van der Waals surface area (Å²) in [6.07, 6.45) is -7.66. The molecule has 30 heavy (non-hydrogen) atoms. The molecule has 0 bridgehead atoms. The van der Waals surface area contributed by atoms with Crippen molar-refractivity contribution in [2.45, 2.75) is 18.4 Å². The third-order valence-corrected chi connectivity index (χ3v) is 5.35. The molecule has 1 saturated carbocycles. The number of aromatic nitrogens is 1. The number of rotatable bonds is 3. The van der Waals surface area contributed by atoms with Crippen LogP contribution in [-0.4, -0.2) is 30.1 Å². The van der Waals surface area contributed by atoms with Crippen LogP contribution in [0, 0.1) is 11.8 Å². The molecule has 1 aromatic carbocycles. The van der Waals surface area contributed by atoms with E-state index in [1.165, 1.54) is 12.3 Å². The molecule has 0 unspecified atom stereocenters. The van der Waals surface area contributed by atoms with Gasteiger partial charge in [0.05, 0.1) is 11.1 Å². The summed E-state index contributed by atoms with van der Waals surface area (Å²) in [4.78, 5) is 17.5. The number of hydrogen-bond donors (Lipinski definition) is 2. The van der Waals surface area contributed by atoms with Crippen molar-refractivity contribution in [1.82, 2.24) is 10.3 Å². The Morgan fingerprint density at radius 1 is 0.967 bits per heavy atom. The maximum atomic E-state index is 13.2. The first-order valence-corrected chi connectivity index (χ1v) is 9.06. The van der Waals surface area contributed by atoms with Crippen LogP contribution < -0.4 is 15.5 Å². The molecule has 2 heterocycles. The van der Waals surface area contributed by atoms with Crippen LogP contribution in [0.2, 0.25) is 0 Å². The molecule has 2 fully saturated rings. The van der Waals surface area contributed by atoms with E-state index >= 15 is 0 Å². The number of urea groups is 1. The first kappa shape index (κ1) is 20.3. The fourth-order valence-corrected chi connectivity index (χ4v) is 3.84. The van der Waals surface area contributed by atoms with Crippen molar-refractivity contribution in [2.24, 2.45) is 11.8 Å². The third-order valence-electron chi connectivity index (χ3n) is 5.35. The van der Waals surface area contributed by atoms with Gasteiger partial charge in [0.15, 0.2) is 0 Å². The molecule has 11 heteroatoms. The number of benzene rings is 1. The molecule has 5 nitrogen and oxygen atoms in total. The number of fused-ring (bicyclic) bond motifs is 1. The largest absolute Gasteiger partial charge is 0.419 e. The molecule has 2 amide bonds. The zero-order valence-corrected chi connectivity index (χ0v) is 15.3. The van der Waals surface area contributed by atoms with Crippen LogP contribution in [0.5, 0.6) is 0 Å². The van der Waals surface area contributed by atoms with E-state index in [-0.39, 0.29) is 29.4 Å². The minimum atomic E-state index is -4.50. The second-order valence-electron chi connectivity index (χ2n) is 7.30. The van der Waals surface area contributed by atoms with Gasteiger partial charge < -0.3 is 15.5 Å². The fourth-order valence-electron chi connectivity index (χ4n) is 3.84. The van der Waals surface area contributed by atoms with Crippen molar-refractivity contribution in [1.29, 1.82) is 0 Å². The van der Waals surface area contributed by atoms with Crippen LogP contribution in [0.4, 0.5) is 42.6 Å². The maximum absolute atomic E-state index is 13.2. The van der Waals surface area contributed by atoms with Gasteiger partial charge in [0.2, 0.25) is 0 Å². The predicted molar refractivity (Wildman–Crippen MR) is 95.8 cm³/mol. The lowest BCUT2D eigenvalue weighted by atomic mass is 10.2. The van der Waals surface area contributed by atoms with Gasteiger partial charge in [-0.1, -0.05) is 0 Å². The highest BCUT2D eigenvalue weighted by Crippen LogP contribution is 2.48. The lowest BCUT2D eigenvalue weighted by molar-refractivity contribution is -0.138. The number of nitrogens with zero attached hydrogens (tertiary/aromatic N) is 2. The molecule has 1 aliphatic heterocycles. The second kappa shape index (κ2) is 7.06. The van der Waals surface area contributed by atoms with Gasteiger partial charge in [-0.3, -0.25) is 0 Å². The normalized spacial score (nSPS) is 23.1. The molecular formula is C19H16F6N4O. The SMILES string of the molecule is O=C(Nc1ccc(C(F)(F)F)cc1)N[C@H]1[C@@H]2CN(c3ncccc3C(F)(F)F)C[C@@H]21. The monoisotopic (exact) mass is 430 g/mol. The average molecular weight is 430 g/mol. The standard InChI is InChI=1S/C19H16F6N4O/c20-18(21,22)10-3-5-11(6-4-10)27-17(30)28-15-12-8-29(9-13(12)15)16-14(19(23,24)25)2-1-7-26-16/h1-7,12-13,15H,8-9H2,(H2,27,28,30)/t12-,13+,15+. The highest BCUT2D eigenvalue weighted by molar-refractivity contribution is 5.89. The summed E-state index contributed by atoms with van der Waals surface area (Å²) in [7, 11) is 0. The van der Waals surface area contributed by atoms with E-state index in [1.807, 2.05) is 0 Å². The van der Waals surface area contributed by atoms with Crippen LogP contribution in [0.3, 0.4) is 0 Å². The average Bonchev–Trinajstić information content (AvgIpc) is 3.10.